The van der Waals surface area contributed by atoms with E-state index in [-0.39, 0.29) is 30.2 Å². The van der Waals surface area contributed by atoms with Crippen molar-refractivity contribution in [3.05, 3.63) is 59.8 Å². The van der Waals surface area contributed by atoms with Crippen molar-refractivity contribution in [3.63, 3.8) is 0 Å². The number of rotatable bonds is 7. The lowest BCUT2D eigenvalue weighted by atomic mass is 10.0. The van der Waals surface area contributed by atoms with Crippen molar-refractivity contribution in [1.29, 1.82) is 0 Å². The molecule has 0 aliphatic heterocycles. The Balaban J connectivity index is 1.92. The van der Waals surface area contributed by atoms with Gasteiger partial charge in [0.15, 0.2) is 5.65 Å². The second-order valence-corrected chi connectivity index (χ2v) is 7.80. The van der Waals surface area contributed by atoms with Crippen LogP contribution in [0, 0.1) is 11.7 Å². The Hall–Kier alpha value is -2.76. The summed E-state index contributed by atoms with van der Waals surface area (Å²) in [5.74, 6) is 0.564. The zero-order chi connectivity index (χ0) is 20.3. The van der Waals surface area contributed by atoms with Crippen LogP contribution in [-0.2, 0) is 11.2 Å². The number of nitrogens with zero attached hydrogens (tertiary/aromatic N) is 3. The summed E-state index contributed by atoms with van der Waals surface area (Å²) in [4.78, 5) is 22.0. The van der Waals surface area contributed by atoms with Crippen molar-refractivity contribution >= 4 is 17.1 Å². The first-order chi connectivity index (χ1) is 13.4. The molecule has 0 aliphatic carbocycles. The Bertz CT molecular complexity index is 964. The third-order valence-electron chi connectivity index (χ3n) is 4.66. The maximum absolute atomic E-state index is 13.9. The molecule has 1 aromatic carbocycles. The maximum atomic E-state index is 13.9. The van der Waals surface area contributed by atoms with Gasteiger partial charge in [-0.3, -0.25) is 4.79 Å². The Labute approximate surface area is 165 Å². The molecule has 0 spiro atoms. The SMILES string of the molecule is CC(C)C[C@@H](NC(=O)Cc1ccccc1F)c1nc2cccnc2n1C(C)C. The first-order valence-electron chi connectivity index (χ1n) is 9.72. The van der Waals surface area contributed by atoms with E-state index in [1.165, 1.54) is 6.07 Å². The minimum absolute atomic E-state index is 0.00141. The number of hydrogen-bond donors (Lipinski definition) is 1. The standard InChI is InChI=1S/C22H27FN4O/c1-14(2)12-19(25-20(28)13-16-8-5-6-9-17(16)23)22-26-18-10-7-11-24-21(18)27(22)15(3)4/h5-11,14-15,19H,12-13H2,1-4H3,(H,25,28)/t19-/m1/s1. The van der Waals surface area contributed by atoms with Crippen LogP contribution in [0.3, 0.4) is 0 Å². The second kappa shape index (κ2) is 8.50. The van der Waals surface area contributed by atoms with Crippen LogP contribution in [0.5, 0.6) is 0 Å². The van der Waals surface area contributed by atoms with Crippen LogP contribution in [0.2, 0.25) is 0 Å². The van der Waals surface area contributed by atoms with Crippen LogP contribution in [0.15, 0.2) is 42.6 Å². The minimum Gasteiger partial charge on any atom is -0.346 e. The lowest BCUT2D eigenvalue weighted by Crippen LogP contribution is -2.33. The molecule has 0 unspecified atom stereocenters. The molecule has 0 aliphatic rings. The smallest absolute Gasteiger partial charge is 0.225 e. The molecular weight excluding hydrogens is 355 g/mol. The number of amides is 1. The highest BCUT2D eigenvalue weighted by Crippen LogP contribution is 2.27. The summed E-state index contributed by atoms with van der Waals surface area (Å²) >= 11 is 0. The molecule has 6 heteroatoms. The molecule has 0 bridgehead atoms. The summed E-state index contributed by atoms with van der Waals surface area (Å²) in [6, 6.07) is 10.0. The molecule has 1 atom stereocenters. The number of nitrogens with one attached hydrogen (secondary N) is 1. The van der Waals surface area contributed by atoms with Crippen LogP contribution < -0.4 is 5.32 Å². The summed E-state index contributed by atoms with van der Waals surface area (Å²) in [6.07, 6.45) is 2.49. The predicted octanol–water partition coefficient (Wildman–Crippen LogP) is 4.60. The molecule has 5 nitrogen and oxygen atoms in total. The number of fused-ring (bicyclic) bond motifs is 1. The van der Waals surface area contributed by atoms with E-state index in [4.69, 9.17) is 4.98 Å². The summed E-state index contributed by atoms with van der Waals surface area (Å²) < 4.78 is 16.0. The number of aromatic nitrogens is 3. The van der Waals surface area contributed by atoms with Gasteiger partial charge in [-0.25, -0.2) is 14.4 Å². The van der Waals surface area contributed by atoms with Gasteiger partial charge in [0.05, 0.1) is 12.5 Å². The molecule has 1 amide bonds. The first kappa shape index (κ1) is 20.0. The first-order valence-corrected chi connectivity index (χ1v) is 9.72. The van der Waals surface area contributed by atoms with Crippen molar-refractivity contribution in [1.82, 2.24) is 19.9 Å². The van der Waals surface area contributed by atoms with Crippen molar-refractivity contribution in [2.75, 3.05) is 0 Å². The topological polar surface area (TPSA) is 59.8 Å². The Morgan fingerprint density at radius 2 is 1.89 bits per heavy atom. The predicted molar refractivity (Wildman–Crippen MR) is 108 cm³/mol. The lowest BCUT2D eigenvalue weighted by molar-refractivity contribution is -0.121. The van der Waals surface area contributed by atoms with Gasteiger partial charge in [-0.15, -0.1) is 0 Å². The molecule has 0 fully saturated rings. The normalized spacial score (nSPS) is 12.7. The van der Waals surface area contributed by atoms with Gasteiger partial charge < -0.3 is 9.88 Å². The maximum Gasteiger partial charge on any atom is 0.225 e. The molecule has 1 N–H and O–H groups in total. The zero-order valence-corrected chi connectivity index (χ0v) is 16.8. The fourth-order valence-corrected chi connectivity index (χ4v) is 3.46. The summed E-state index contributed by atoms with van der Waals surface area (Å²) in [6.45, 7) is 8.37. The second-order valence-electron chi connectivity index (χ2n) is 7.80. The molecule has 0 saturated heterocycles. The number of hydrogen-bond acceptors (Lipinski definition) is 3. The van der Waals surface area contributed by atoms with E-state index >= 15 is 0 Å². The minimum atomic E-state index is -0.364. The fourth-order valence-electron chi connectivity index (χ4n) is 3.46. The molecule has 148 valence electrons. The number of pyridine rings is 1. The molecule has 0 radical (unpaired) electrons. The van der Waals surface area contributed by atoms with Crippen molar-refractivity contribution in [2.45, 2.75) is 52.6 Å². The van der Waals surface area contributed by atoms with Crippen molar-refractivity contribution in [3.8, 4) is 0 Å². The number of imidazole rings is 1. The van der Waals surface area contributed by atoms with Gasteiger partial charge in [-0.2, -0.15) is 0 Å². The number of benzene rings is 1. The van der Waals surface area contributed by atoms with Crippen molar-refractivity contribution < 1.29 is 9.18 Å². The zero-order valence-electron chi connectivity index (χ0n) is 16.8. The van der Waals surface area contributed by atoms with E-state index in [2.05, 4.69) is 42.6 Å². The van der Waals surface area contributed by atoms with Gasteiger partial charge in [0.1, 0.15) is 17.2 Å². The quantitative estimate of drug-likeness (QED) is 0.650. The summed E-state index contributed by atoms with van der Waals surface area (Å²) in [7, 11) is 0. The van der Waals surface area contributed by atoms with E-state index in [0.717, 1.165) is 23.4 Å². The average molecular weight is 382 g/mol. The van der Waals surface area contributed by atoms with Crippen molar-refractivity contribution in [2.24, 2.45) is 5.92 Å². The Morgan fingerprint density at radius 1 is 1.14 bits per heavy atom. The molecule has 28 heavy (non-hydrogen) atoms. The molecule has 3 rings (SSSR count). The number of halogens is 1. The van der Waals surface area contributed by atoms with Crippen LogP contribution in [0.4, 0.5) is 4.39 Å². The highest BCUT2D eigenvalue weighted by Gasteiger charge is 2.25. The Morgan fingerprint density at radius 3 is 2.57 bits per heavy atom. The number of carbonyl (C=O) groups excluding carboxylic acids is 1. The lowest BCUT2D eigenvalue weighted by Gasteiger charge is -2.23. The molecular formula is C22H27FN4O. The molecule has 3 aromatic rings. The van der Waals surface area contributed by atoms with E-state index in [9.17, 15) is 9.18 Å². The number of carbonyl (C=O) groups is 1. The third kappa shape index (κ3) is 4.38. The fraction of sp³-hybridized carbons (Fsp3) is 0.409. The van der Waals surface area contributed by atoms with Crippen LogP contribution in [0.1, 0.15) is 57.6 Å². The molecule has 2 heterocycles. The highest BCUT2D eigenvalue weighted by molar-refractivity contribution is 5.79. The van der Waals surface area contributed by atoms with Gasteiger partial charge in [0.2, 0.25) is 5.91 Å². The Kier molecular flexibility index (Phi) is 6.07. The molecule has 0 saturated carbocycles. The molecule has 2 aromatic heterocycles. The van der Waals surface area contributed by atoms with E-state index < -0.39 is 0 Å². The highest BCUT2D eigenvalue weighted by atomic mass is 19.1. The van der Waals surface area contributed by atoms with Gasteiger partial charge in [0, 0.05) is 12.2 Å². The van der Waals surface area contributed by atoms with Gasteiger partial charge in [0.25, 0.3) is 0 Å². The monoisotopic (exact) mass is 382 g/mol. The average Bonchev–Trinajstić information content (AvgIpc) is 3.02. The van der Waals surface area contributed by atoms with E-state index in [0.29, 0.717) is 11.5 Å². The van der Waals surface area contributed by atoms with Gasteiger partial charge >= 0.3 is 0 Å². The largest absolute Gasteiger partial charge is 0.346 e. The van der Waals surface area contributed by atoms with E-state index in [1.54, 1.807) is 24.4 Å². The summed E-state index contributed by atoms with van der Waals surface area (Å²) in [5.41, 5.74) is 2.01. The van der Waals surface area contributed by atoms with E-state index in [1.807, 2.05) is 12.1 Å². The van der Waals surface area contributed by atoms with Crippen LogP contribution in [-0.4, -0.2) is 20.4 Å². The van der Waals surface area contributed by atoms with Crippen LogP contribution in [0.25, 0.3) is 11.2 Å². The summed E-state index contributed by atoms with van der Waals surface area (Å²) in [5, 5.41) is 3.08. The van der Waals surface area contributed by atoms with Gasteiger partial charge in [-0.1, -0.05) is 32.0 Å². The van der Waals surface area contributed by atoms with Gasteiger partial charge in [-0.05, 0) is 49.9 Å². The van der Waals surface area contributed by atoms with Crippen LogP contribution >= 0.6 is 0 Å². The third-order valence-corrected chi connectivity index (χ3v) is 4.66.